The van der Waals surface area contributed by atoms with Crippen molar-refractivity contribution >= 4 is 0 Å². The van der Waals surface area contributed by atoms with E-state index in [4.69, 9.17) is 9.84 Å². The number of hydrogen-bond acceptors (Lipinski definition) is 2. The molecule has 0 radical (unpaired) electrons. The third-order valence-electron chi connectivity index (χ3n) is 1.81. The molecule has 0 aliphatic carbocycles. The Bertz CT molecular complexity index is 347. The maximum absolute atomic E-state index is 8.62. The highest BCUT2D eigenvalue weighted by Crippen LogP contribution is 2.16. The largest absolute Gasteiger partial charge is 0.492 e. The van der Waals surface area contributed by atoms with Gasteiger partial charge in [-0.1, -0.05) is 30.9 Å². The molecule has 0 fully saturated rings. The van der Waals surface area contributed by atoms with Gasteiger partial charge in [0.1, 0.15) is 5.75 Å². The maximum Gasteiger partial charge on any atom is 0.134 e. The van der Waals surface area contributed by atoms with Crippen LogP contribution in [0.1, 0.15) is 25.3 Å². The van der Waals surface area contributed by atoms with Crippen molar-refractivity contribution < 1.29 is 9.84 Å². The van der Waals surface area contributed by atoms with E-state index in [-0.39, 0.29) is 6.61 Å². The van der Waals surface area contributed by atoms with Crippen LogP contribution in [-0.4, -0.2) is 18.3 Å². The van der Waals surface area contributed by atoms with Crippen molar-refractivity contribution in [2.24, 2.45) is 0 Å². The summed E-state index contributed by atoms with van der Waals surface area (Å²) in [5, 5.41) is 8.62. The lowest BCUT2D eigenvalue weighted by Gasteiger charge is -2.05. The maximum atomic E-state index is 8.62. The molecule has 0 heterocycles. The molecule has 80 valence electrons. The zero-order chi connectivity index (χ0) is 10.9. The Morgan fingerprint density at radius 3 is 2.87 bits per heavy atom. The van der Waals surface area contributed by atoms with E-state index in [1.165, 1.54) is 0 Å². The van der Waals surface area contributed by atoms with Crippen LogP contribution in [-0.2, 0) is 0 Å². The van der Waals surface area contributed by atoms with Gasteiger partial charge in [0.25, 0.3) is 0 Å². The number of para-hydroxylation sites is 1. The molecule has 0 unspecified atom stereocenters. The van der Waals surface area contributed by atoms with Crippen LogP contribution in [0.25, 0.3) is 0 Å². The average Bonchev–Trinajstić information content (AvgIpc) is 2.28. The zero-order valence-corrected chi connectivity index (χ0v) is 8.99. The summed E-state index contributed by atoms with van der Waals surface area (Å²) in [6, 6.07) is 7.71. The van der Waals surface area contributed by atoms with Crippen molar-refractivity contribution in [2.75, 3.05) is 13.2 Å². The predicted molar refractivity (Wildman–Crippen MR) is 60.8 cm³/mol. The third-order valence-corrected chi connectivity index (χ3v) is 1.81. The second-order valence-corrected chi connectivity index (χ2v) is 3.12. The highest BCUT2D eigenvalue weighted by Gasteiger charge is 1.98. The molecule has 0 aliphatic rings. The molecule has 1 N–H and O–H groups in total. The van der Waals surface area contributed by atoms with Crippen LogP contribution in [0.4, 0.5) is 0 Å². The topological polar surface area (TPSA) is 29.5 Å². The Kier molecular flexibility index (Phi) is 5.35. The van der Waals surface area contributed by atoms with Crippen LogP contribution in [0.3, 0.4) is 0 Å². The van der Waals surface area contributed by atoms with Gasteiger partial charge in [0, 0.05) is 6.42 Å². The van der Waals surface area contributed by atoms with E-state index in [1.54, 1.807) is 0 Å². The number of ether oxygens (including phenoxy) is 1. The van der Waals surface area contributed by atoms with Crippen molar-refractivity contribution in [3.8, 4) is 17.6 Å². The summed E-state index contributed by atoms with van der Waals surface area (Å²) in [6.07, 6.45) is 1.49. The minimum atomic E-state index is 0.102. The van der Waals surface area contributed by atoms with Crippen LogP contribution in [0, 0.1) is 11.8 Å². The van der Waals surface area contributed by atoms with Crippen molar-refractivity contribution in [2.45, 2.75) is 19.8 Å². The van der Waals surface area contributed by atoms with Crippen molar-refractivity contribution in [3.63, 3.8) is 0 Å². The molecule has 0 aromatic heterocycles. The van der Waals surface area contributed by atoms with E-state index in [0.29, 0.717) is 13.0 Å². The highest BCUT2D eigenvalue weighted by molar-refractivity contribution is 5.45. The van der Waals surface area contributed by atoms with Gasteiger partial charge >= 0.3 is 0 Å². The van der Waals surface area contributed by atoms with E-state index >= 15 is 0 Å². The van der Waals surface area contributed by atoms with Gasteiger partial charge in [-0.2, -0.15) is 0 Å². The van der Waals surface area contributed by atoms with Gasteiger partial charge in [-0.15, -0.1) is 0 Å². The first-order valence-electron chi connectivity index (χ1n) is 5.20. The van der Waals surface area contributed by atoms with Crippen LogP contribution >= 0.6 is 0 Å². The van der Waals surface area contributed by atoms with Crippen molar-refractivity contribution in [3.05, 3.63) is 29.8 Å². The van der Waals surface area contributed by atoms with Crippen LogP contribution in [0.15, 0.2) is 24.3 Å². The Hall–Kier alpha value is -1.46. The van der Waals surface area contributed by atoms with E-state index in [1.807, 2.05) is 24.3 Å². The molecule has 0 atom stereocenters. The fourth-order valence-electron chi connectivity index (χ4n) is 1.12. The molecule has 0 aliphatic heterocycles. The van der Waals surface area contributed by atoms with Crippen LogP contribution < -0.4 is 4.74 Å². The van der Waals surface area contributed by atoms with Crippen LogP contribution in [0.5, 0.6) is 5.75 Å². The number of aliphatic hydroxyl groups is 1. The summed E-state index contributed by atoms with van der Waals surface area (Å²) in [6.45, 7) is 2.88. The van der Waals surface area contributed by atoms with Gasteiger partial charge in [0.05, 0.1) is 18.8 Å². The summed E-state index contributed by atoms with van der Waals surface area (Å²) >= 11 is 0. The molecule has 0 saturated carbocycles. The molecule has 1 aromatic carbocycles. The van der Waals surface area contributed by atoms with E-state index in [2.05, 4.69) is 18.8 Å². The predicted octanol–water partition coefficient (Wildman–Crippen LogP) is 2.21. The Labute approximate surface area is 90.9 Å². The smallest absolute Gasteiger partial charge is 0.134 e. The number of benzene rings is 1. The minimum absolute atomic E-state index is 0.102. The highest BCUT2D eigenvalue weighted by atomic mass is 16.5. The standard InChI is InChI=1S/C13H16O2/c1-2-11-15-13-9-4-3-7-12(13)8-5-6-10-14/h3-4,7,9,14H,2,6,10-11H2,1H3. The monoisotopic (exact) mass is 204 g/mol. The van der Waals surface area contributed by atoms with E-state index in [9.17, 15) is 0 Å². The quantitative estimate of drug-likeness (QED) is 0.762. The molecule has 1 aromatic rings. The van der Waals surface area contributed by atoms with Gasteiger partial charge in [-0.3, -0.25) is 0 Å². The summed E-state index contributed by atoms with van der Waals surface area (Å²) in [5.41, 5.74) is 0.888. The number of hydrogen-bond donors (Lipinski definition) is 1. The minimum Gasteiger partial charge on any atom is -0.492 e. The van der Waals surface area contributed by atoms with E-state index in [0.717, 1.165) is 17.7 Å². The second-order valence-electron chi connectivity index (χ2n) is 3.12. The number of aliphatic hydroxyl groups excluding tert-OH is 1. The molecule has 0 bridgehead atoms. The Morgan fingerprint density at radius 2 is 2.13 bits per heavy atom. The van der Waals surface area contributed by atoms with Crippen molar-refractivity contribution in [1.82, 2.24) is 0 Å². The molecule has 15 heavy (non-hydrogen) atoms. The first-order valence-corrected chi connectivity index (χ1v) is 5.20. The molecular formula is C13H16O2. The van der Waals surface area contributed by atoms with Gasteiger partial charge in [0.15, 0.2) is 0 Å². The van der Waals surface area contributed by atoms with E-state index < -0.39 is 0 Å². The van der Waals surface area contributed by atoms with Gasteiger partial charge in [-0.25, -0.2) is 0 Å². The molecular weight excluding hydrogens is 188 g/mol. The third kappa shape index (κ3) is 4.05. The summed E-state index contributed by atoms with van der Waals surface area (Å²) < 4.78 is 5.55. The molecule has 1 rings (SSSR count). The van der Waals surface area contributed by atoms with Gasteiger partial charge < -0.3 is 9.84 Å². The molecule has 0 saturated heterocycles. The zero-order valence-electron chi connectivity index (χ0n) is 8.99. The SMILES string of the molecule is CCCOc1ccccc1C#CCCO. The fourth-order valence-corrected chi connectivity index (χ4v) is 1.12. The summed E-state index contributed by atoms with van der Waals surface area (Å²) in [4.78, 5) is 0. The van der Waals surface area contributed by atoms with Gasteiger partial charge in [-0.05, 0) is 18.6 Å². The fraction of sp³-hybridized carbons (Fsp3) is 0.385. The first kappa shape index (κ1) is 11.6. The van der Waals surface area contributed by atoms with Gasteiger partial charge in [0.2, 0.25) is 0 Å². The average molecular weight is 204 g/mol. The molecule has 0 spiro atoms. The Morgan fingerprint density at radius 1 is 1.33 bits per heavy atom. The number of rotatable bonds is 4. The van der Waals surface area contributed by atoms with Crippen molar-refractivity contribution in [1.29, 1.82) is 0 Å². The lowest BCUT2D eigenvalue weighted by Crippen LogP contribution is -1.96. The lowest BCUT2D eigenvalue weighted by atomic mass is 10.2. The normalized spacial score (nSPS) is 9.20. The molecule has 2 nitrogen and oxygen atoms in total. The lowest BCUT2D eigenvalue weighted by molar-refractivity contribution is 0.305. The molecule has 2 heteroatoms. The van der Waals surface area contributed by atoms with Crippen LogP contribution in [0.2, 0.25) is 0 Å². The first-order chi connectivity index (χ1) is 7.38. The Balaban J connectivity index is 2.73. The molecule has 0 amide bonds. The second kappa shape index (κ2) is 6.92. The summed E-state index contributed by atoms with van der Waals surface area (Å²) in [5.74, 6) is 6.70. The summed E-state index contributed by atoms with van der Waals surface area (Å²) in [7, 11) is 0.